The lowest BCUT2D eigenvalue weighted by atomic mass is 9.93. The molecule has 274 valence electrons. The van der Waals surface area contributed by atoms with Gasteiger partial charge in [0.15, 0.2) is 0 Å². The fraction of sp³-hybridized carbons (Fsp3) is 0.457. The third-order valence-electron chi connectivity index (χ3n) is 9.60. The Morgan fingerprint density at radius 1 is 0.765 bits per heavy atom. The number of hydrogen-bond acceptors (Lipinski definition) is 6. The van der Waals surface area contributed by atoms with Gasteiger partial charge in [-0.2, -0.15) is 44.3 Å². The maximum atomic E-state index is 14.4. The Morgan fingerprint density at radius 2 is 1.41 bits per heavy atom. The van der Waals surface area contributed by atoms with Crippen LogP contribution in [-0.2, 0) is 38.7 Å². The minimum Gasteiger partial charge on any atom is -0.368 e. The fourth-order valence-corrected chi connectivity index (χ4v) is 7.22. The molecule has 0 aliphatic carbocycles. The zero-order chi connectivity index (χ0) is 36.7. The summed E-state index contributed by atoms with van der Waals surface area (Å²) in [6.45, 7) is 3.43. The van der Waals surface area contributed by atoms with E-state index in [0.29, 0.717) is 55.6 Å². The number of aryl methyl sites for hydroxylation is 2. The van der Waals surface area contributed by atoms with E-state index in [-0.39, 0.29) is 29.2 Å². The number of benzene rings is 3. The lowest BCUT2D eigenvalue weighted by Gasteiger charge is -2.41. The largest absolute Gasteiger partial charge is 0.416 e. The monoisotopic (exact) mass is 725 g/mol. The summed E-state index contributed by atoms with van der Waals surface area (Å²) in [5, 5.41) is 12.1. The number of hydrogen-bond donors (Lipinski definition) is 0. The van der Waals surface area contributed by atoms with E-state index in [0.717, 1.165) is 36.1 Å². The van der Waals surface area contributed by atoms with Crippen molar-refractivity contribution in [3.63, 3.8) is 0 Å². The molecule has 3 heterocycles. The SMILES string of the molecule is Cc1cc2c(cc1C(F)(F)F)N(C1CCN(Cc3ccccc3)CC1)CCCC2N(Cc1cc(C(F)(F)F)cc(C(F)(F)F)c1)c1nnn(C)n1. The van der Waals surface area contributed by atoms with Crippen LogP contribution in [0.5, 0.6) is 0 Å². The molecule has 7 nitrogen and oxygen atoms in total. The number of aromatic nitrogens is 4. The van der Waals surface area contributed by atoms with E-state index < -0.39 is 47.8 Å². The number of anilines is 2. The molecular formula is C35H36F9N7. The van der Waals surface area contributed by atoms with Gasteiger partial charge in [0.05, 0.1) is 29.8 Å². The molecule has 1 saturated heterocycles. The summed E-state index contributed by atoms with van der Waals surface area (Å²) >= 11 is 0. The van der Waals surface area contributed by atoms with E-state index in [4.69, 9.17) is 0 Å². The van der Waals surface area contributed by atoms with Crippen molar-refractivity contribution in [2.75, 3.05) is 29.4 Å². The van der Waals surface area contributed by atoms with Crippen LogP contribution in [0.4, 0.5) is 51.1 Å². The maximum Gasteiger partial charge on any atom is 0.416 e. The van der Waals surface area contributed by atoms with Gasteiger partial charge < -0.3 is 9.80 Å². The van der Waals surface area contributed by atoms with Crippen LogP contribution in [0.3, 0.4) is 0 Å². The topological polar surface area (TPSA) is 53.3 Å². The molecule has 1 aromatic heterocycles. The molecule has 0 radical (unpaired) electrons. The van der Waals surface area contributed by atoms with Gasteiger partial charge in [-0.25, -0.2) is 0 Å². The molecule has 1 unspecified atom stereocenters. The third kappa shape index (κ3) is 8.26. The summed E-state index contributed by atoms with van der Waals surface area (Å²) in [7, 11) is 1.45. The smallest absolute Gasteiger partial charge is 0.368 e. The molecule has 1 atom stereocenters. The van der Waals surface area contributed by atoms with Gasteiger partial charge >= 0.3 is 18.5 Å². The number of fused-ring (bicyclic) bond motifs is 1. The molecule has 1 fully saturated rings. The van der Waals surface area contributed by atoms with E-state index in [2.05, 4.69) is 20.3 Å². The molecule has 0 amide bonds. The van der Waals surface area contributed by atoms with E-state index >= 15 is 0 Å². The van der Waals surface area contributed by atoms with Gasteiger partial charge in [-0.1, -0.05) is 41.5 Å². The van der Waals surface area contributed by atoms with E-state index in [1.165, 1.54) is 24.9 Å². The molecule has 51 heavy (non-hydrogen) atoms. The molecule has 0 N–H and O–H groups in total. The van der Waals surface area contributed by atoms with Crippen LogP contribution in [0.15, 0.2) is 60.7 Å². The number of likely N-dealkylation sites (tertiary alicyclic amines) is 1. The van der Waals surface area contributed by atoms with Crippen molar-refractivity contribution in [3.05, 3.63) is 99.6 Å². The van der Waals surface area contributed by atoms with Gasteiger partial charge in [-0.05, 0) is 84.3 Å². The number of rotatable bonds is 7. The lowest BCUT2D eigenvalue weighted by molar-refractivity contribution is -0.143. The normalized spacial score (nSPS) is 18.1. The molecule has 0 saturated carbocycles. The Bertz CT molecular complexity index is 1780. The van der Waals surface area contributed by atoms with Crippen LogP contribution < -0.4 is 9.80 Å². The van der Waals surface area contributed by atoms with Gasteiger partial charge in [-0.15, -0.1) is 5.10 Å². The van der Waals surface area contributed by atoms with Crippen molar-refractivity contribution >= 4 is 11.6 Å². The lowest BCUT2D eigenvalue weighted by Crippen LogP contribution is -2.45. The summed E-state index contributed by atoms with van der Waals surface area (Å²) in [5.74, 6) is -0.0837. The van der Waals surface area contributed by atoms with Gasteiger partial charge in [-0.3, -0.25) is 4.90 Å². The van der Waals surface area contributed by atoms with Gasteiger partial charge in [0.1, 0.15) is 0 Å². The molecule has 0 bridgehead atoms. The summed E-state index contributed by atoms with van der Waals surface area (Å²) in [6.07, 6.45) is -12.6. The first kappa shape index (κ1) is 36.5. The number of alkyl halides is 9. The van der Waals surface area contributed by atoms with Crippen LogP contribution >= 0.6 is 0 Å². The fourth-order valence-electron chi connectivity index (χ4n) is 7.22. The summed E-state index contributed by atoms with van der Waals surface area (Å²) in [4.78, 5) is 6.84. The molecule has 6 rings (SSSR count). The Kier molecular flexibility index (Phi) is 10.0. The highest BCUT2D eigenvalue weighted by atomic mass is 19.4. The first-order valence-corrected chi connectivity index (χ1v) is 16.5. The predicted molar refractivity (Wildman–Crippen MR) is 172 cm³/mol. The number of tetrazole rings is 1. The number of piperidine rings is 1. The predicted octanol–water partition coefficient (Wildman–Crippen LogP) is 8.59. The van der Waals surface area contributed by atoms with Crippen LogP contribution in [-0.4, -0.2) is 50.8 Å². The van der Waals surface area contributed by atoms with Crippen molar-refractivity contribution in [3.8, 4) is 0 Å². The quantitative estimate of drug-likeness (QED) is 0.178. The minimum absolute atomic E-state index is 0.0560. The minimum atomic E-state index is -5.07. The zero-order valence-electron chi connectivity index (χ0n) is 27.8. The summed E-state index contributed by atoms with van der Waals surface area (Å²) < 4.78 is 126. The van der Waals surface area contributed by atoms with Crippen molar-refractivity contribution in [1.29, 1.82) is 0 Å². The number of nitrogens with zero attached hydrogens (tertiary/aromatic N) is 7. The van der Waals surface area contributed by atoms with Crippen molar-refractivity contribution in [2.45, 2.75) is 76.3 Å². The Morgan fingerprint density at radius 3 is 1.98 bits per heavy atom. The Labute approximate surface area is 288 Å². The van der Waals surface area contributed by atoms with Crippen molar-refractivity contribution in [2.24, 2.45) is 7.05 Å². The van der Waals surface area contributed by atoms with E-state index in [9.17, 15) is 39.5 Å². The number of halogens is 9. The second-order valence-electron chi connectivity index (χ2n) is 13.2. The van der Waals surface area contributed by atoms with Crippen LogP contribution in [0.25, 0.3) is 0 Å². The van der Waals surface area contributed by atoms with Crippen LogP contribution in [0.1, 0.15) is 70.7 Å². The summed E-state index contributed by atoms with van der Waals surface area (Å²) in [6, 6.07) is 13.0. The maximum absolute atomic E-state index is 14.4. The zero-order valence-corrected chi connectivity index (χ0v) is 27.8. The van der Waals surface area contributed by atoms with Crippen LogP contribution in [0.2, 0.25) is 0 Å². The van der Waals surface area contributed by atoms with Crippen LogP contribution in [0, 0.1) is 6.92 Å². The van der Waals surface area contributed by atoms with E-state index in [1.807, 2.05) is 35.2 Å². The van der Waals surface area contributed by atoms with Gasteiger partial charge in [0.2, 0.25) is 0 Å². The second kappa shape index (κ2) is 14.0. The first-order valence-electron chi connectivity index (χ1n) is 16.5. The second-order valence-corrected chi connectivity index (χ2v) is 13.2. The Hall–Kier alpha value is -4.34. The van der Waals surface area contributed by atoms with E-state index in [1.54, 1.807) is 0 Å². The summed E-state index contributed by atoms with van der Waals surface area (Å²) in [5.41, 5.74) is -2.20. The van der Waals surface area contributed by atoms with Crippen molar-refractivity contribution in [1.82, 2.24) is 25.1 Å². The molecule has 3 aromatic carbocycles. The molecule has 2 aliphatic heterocycles. The highest BCUT2D eigenvalue weighted by Gasteiger charge is 2.40. The average molecular weight is 726 g/mol. The molecule has 2 aliphatic rings. The third-order valence-corrected chi connectivity index (χ3v) is 9.60. The highest BCUT2D eigenvalue weighted by molar-refractivity contribution is 5.62. The first-order chi connectivity index (χ1) is 24.0. The molecule has 4 aromatic rings. The van der Waals surface area contributed by atoms with Crippen molar-refractivity contribution < 1.29 is 39.5 Å². The molecule has 16 heteroatoms. The van der Waals surface area contributed by atoms with Gasteiger partial charge in [0, 0.05) is 44.5 Å². The van der Waals surface area contributed by atoms with Gasteiger partial charge in [0.25, 0.3) is 5.95 Å². The highest BCUT2D eigenvalue weighted by Crippen LogP contribution is 2.45. The Balaban J connectivity index is 1.40. The molecule has 0 spiro atoms. The molecular weight excluding hydrogens is 689 g/mol. The average Bonchev–Trinajstić information content (AvgIpc) is 3.41. The standard InChI is InChI=1S/C35H36F9N7/c1-22-15-28-30(51(32-45-47-48(2)46-32)21-24-16-25(33(36,37)38)18-26(17-24)34(39,40)41)9-6-12-50(31(28)19-29(22)35(42,43)44)27-10-13-49(14-11-27)20-23-7-4-3-5-8-23/h3-5,7-8,15-19,27,30H,6,9-14,20-21H2,1-2H3.